The van der Waals surface area contributed by atoms with Crippen LogP contribution in [0.2, 0.25) is 5.02 Å². The van der Waals surface area contributed by atoms with Gasteiger partial charge in [0, 0.05) is 11.1 Å². The summed E-state index contributed by atoms with van der Waals surface area (Å²) in [7, 11) is 0. The lowest BCUT2D eigenvalue weighted by Gasteiger charge is -2.07. The van der Waals surface area contributed by atoms with Gasteiger partial charge in [-0.25, -0.2) is 8.78 Å². The Morgan fingerprint density at radius 2 is 1.59 bits per heavy atom. The maximum absolute atomic E-state index is 12.9. The molecule has 0 amide bonds. The van der Waals surface area contributed by atoms with Crippen LogP contribution in [-0.2, 0) is 0 Å². The van der Waals surface area contributed by atoms with E-state index in [0.29, 0.717) is 10.8 Å². The van der Waals surface area contributed by atoms with Crippen LogP contribution in [0.15, 0.2) is 36.4 Å². The Morgan fingerprint density at radius 1 is 0.941 bits per heavy atom. The summed E-state index contributed by atoms with van der Waals surface area (Å²) in [6, 6.07) is 8.48. The summed E-state index contributed by atoms with van der Waals surface area (Å²) in [5.41, 5.74) is 0.921. The summed E-state index contributed by atoms with van der Waals surface area (Å²) in [6.45, 7) is 1.86. The molecule has 1 nitrogen and oxygen atoms in total. The van der Waals surface area contributed by atoms with Crippen LogP contribution in [0.1, 0.15) is 5.56 Å². The van der Waals surface area contributed by atoms with Crippen molar-refractivity contribution in [3.63, 3.8) is 0 Å². The van der Waals surface area contributed by atoms with Gasteiger partial charge in [0.05, 0.1) is 0 Å². The van der Waals surface area contributed by atoms with E-state index >= 15 is 0 Å². The fourth-order valence-corrected chi connectivity index (χ4v) is 1.48. The van der Waals surface area contributed by atoms with Crippen molar-refractivity contribution >= 4 is 11.6 Å². The molecule has 0 aliphatic rings. The molecule has 88 valence electrons. The van der Waals surface area contributed by atoms with Gasteiger partial charge in [-0.3, -0.25) is 0 Å². The lowest BCUT2D eigenvalue weighted by atomic mass is 10.2. The van der Waals surface area contributed by atoms with Gasteiger partial charge >= 0.3 is 0 Å². The molecule has 0 heterocycles. The lowest BCUT2D eigenvalue weighted by Crippen LogP contribution is -1.88. The smallest absolute Gasteiger partial charge is 0.162 e. The summed E-state index contributed by atoms with van der Waals surface area (Å²) in [4.78, 5) is 0. The third kappa shape index (κ3) is 2.74. The number of hydrogen-bond acceptors (Lipinski definition) is 1. The first-order valence-electron chi connectivity index (χ1n) is 4.95. The first-order chi connectivity index (χ1) is 8.06. The van der Waals surface area contributed by atoms with Crippen LogP contribution >= 0.6 is 11.6 Å². The van der Waals surface area contributed by atoms with Gasteiger partial charge in [-0.1, -0.05) is 17.7 Å². The van der Waals surface area contributed by atoms with Crippen molar-refractivity contribution in [1.29, 1.82) is 0 Å². The van der Waals surface area contributed by atoms with Gasteiger partial charge in [0.15, 0.2) is 11.6 Å². The van der Waals surface area contributed by atoms with E-state index in [0.717, 1.165) is 17.7 Å². The van der Waals surface area contributed by atoms with Crippen LogP contribution in [0.3, 0.4) is 0 Å². The highest BCUT2D eigenvalue weighted by Crippen LogP contribution is 2.27. The second kappa shape index (κ2) is 4.72. The number of halogens is 3. The zero-order valence-electron chi connectivity index (χ0n) is 9.01. The molecular weight excluding hydrogens is 246 g/mol. The number of ether oxygens (including phenoxy) is 1. The monoisotopic (exact) mass is 254 g/mol. The third-order valence-corrected chi connectivity index (χ3v) is 2.68. The predicted octanol–water partition coefficient (Wildman–Crippen LogP) is 4.72. The molecule has 0 N–H and O–H groups in total. The highest BCUT2D eigenvalue weighted by molar-refractivity contribution is 6.31. The average molecular weight is 255 g/mol. The first kappa shape index (κ1) is 11.9. The standard InChI is InChI=1S/C13H9ClF2O/c1-8-2-3-9(6-11(8)14)17-10-4-5-12(15)13(16)7-10/h2-7H,1H3. The van der Waals surface area contributed by atoms with E-state index in [1.807, 2.05) is 6.92 Å². The molecule has 2 rings (SSSR count). The molecule has 0 radical (unpaired) electrons. The van der Waals surface area contributed by atoms with Crippen molar-refractivity contribution in [2.45, 2.75) is 6.92 Å². The van der Waals surface area contributed by atoms with Gasteiger partial charge < -0.3 is 4.74 Å². The quantitative estimate of drug-likeness (QED) is 0.754. The maximum atomic E-state index is 12.9. The summed E-state index contributed by atoms with van der Waals surface area (Å²) in [5.74, 6) is -1.14. The van der Waals surface area contributed by atoms with Crippen LogP contribution in [0, 0.1) is 18.6 Å². The van der Waals surface area contributed by atoms with Gasteiger partial charge in [-0.05, 0) is 36.8 Å². The second-order valence-electron chi connectivity index (χ2n) is 3.59. The minimum Gasteiger partial charge on any atom is -0.457 e. The molecule has 0 aliphatic heterocycles. The minimum atomic E-state index is -0.944. The lowest BCUT2D eigenvalue weighted by molar-refractivity contribution is 0.461. The number of rotatable bonds is 2. The van der Waals surface area contributed by atoms with Gasteiger partial charge in [0.1, 0.15) is 11.5 Å². The Labute approximate surface area is 103 Å². The Morgan fingerprint density at radius 3 is 2.24 bits per heavy atom. The van der Waals surface area contributed by atoms with Crippen molar-refractivity contribution in [3.05, 3.63) is 58.6 Å². The highest BCUT2D eigenvalue weighted by atomic mass is 35.5. The Balaban J connectivity index is 2.25. The molecule has 0 spiro atoms. The third-order valence-electron chi connectivity index (χ3n) is 2.27. The van der Waals surface area contributed by atoms with Crippen molar-refractivity contribution in [1.82, 2.24) is 0 Å². The molecule has 0 aliphatic carbocycles. The molecule has 0 atom stereocenters. The molecular formula is C13H9ClF2O. The maximum Gasteiger partial charge on any atom is 0.162 e. The average Bonchev–Trinajstić information content (AvgIpc) is 2.29. The molecule has 2 aromatic rings. The van der Waals surface area contributed by atoms with Crippen LogP contribution < -0.4 is 4.74 Å². The van der Waals surface area contributed by atoms with E-state index < -0.39 is 11.6 Å². The number of hydrogen-bond donors (Lipinski definition) is 0. The highest BCUT2D eigenvalue weighted by Gasteiger charge is 2.05. The van der Waals surface area contributed by atoms with Crippen LogP contribution in [0.4, 0.5) is 8.78 Å². The summed E-state index contributed by atoms with van der Waals surface area (Å²) in [5, 5.41) is 0.560. The molecule has 0 saturated heterocycles. The van der Waals surface area contributed by atoms with E-state index in [2.05, 4.69) is 0 Å². The van der Waals surface area contributed by atoms with Gasteiger partial charge in [-0.2, -0.15) is 0 Å². The van der Waals surface area contributed by atoms with E-state index in [1.165, 1.54) is 6.07 Å². The largest absolute Gasteiger partial charge is 0.457 e. The van der Waals surface area contributed by atoms with Gasteiger partial charge in [0.2, 0.25) is 0 Å². The van der Waals surface area contributed by atoms with Crippen LogP contribution in [0.5, 0.6) is 11.5 Å². The molecule has 0 aromatic heterocycles. The van der Waals surface area contributed by atoms with Crippen LogP contribution in [-0.4, -0.2) is 0 Å². The van der Waals surface area contributed by atoms with E-state index in [-0.39, 0.29) is 5.75 Å². The molecule has 2 aromatic carbocycles. The molecule has 0 unspecified atom stereocenters. The minimum absolute atomic E-state index is 0.226. The Hall–Kier alpha value is -1.61. The molecule has 4 heteroatoms. The van der Waals surface area contributed by atoms with Crippen molar-refractivity contribution in [2.75, 3.05) is 0 Å². The number of aryl methyl sites for hydroxylation is 1. The first-order valence-corrected chi connectivity index (χ1v) is 5.33. The zero-order chi connectivity index (χ0) is 12.4. The molecule has 0 saturated carbocycles. The predicted molar refractivity (Wildman–Crippen MR) is 62.6 cm³/mol. The molecule has 0 fully saturated rings. The Bertz CT molecular complexity index is 506. The van der Waals surface area contributed by atoms with E-state index in [1.54, 1.807) is 18.2 Å². The SMILES string of the molecule is Cc1ccc(Oc2ccc(F)c(F)c2)cc1Cl. The van der Waals surface area contributed by atoms with Gasteiger partial charge in [0.25, 0.3) is 0 Å². The van der Waals surface area contributed by atoms with Crippen molar-refractivity contribution in [3.8, 4) is 11.5 Å². The Kier molecular flexibility index (Phi) is 3.29. The van der Waals surface area contributed by atoms with E-state index in [4.69, 9.17) is 16.3 Å². The summed E-state index contributed by atoms with van der Waals surface area (Å²) in [6.07, 6.45) is 0. The van der Waals surface area contributed by atoms with E-state index in [9.17, 15) is 8.78 Å². The molecule has 0 bridgehead atoms. The summed E-state index contributed by atoms with van der Waals surface area (Å²) < 4.78 is 31.0. The fourth-order valence-electron chi connectivity index (χ4n) is 1.31. The van der Waals surface area contributed by atoms with Gasteiger partial charge in [-0.15, -0.1) is 0 Å². The normalized spacial score (nSPS) is 10.4. The van der Waals surface area contributed by atoms with Crippen molar-refractivity contribution in [2.24, 2.45) is 0 Å². The van der Waals surface area contributed by atoms with Crippen molar-refractivity contribution < 1.29 is 13.5 Å². The number of benzene rings is 2. The topological polar surface area (TPSA) is 9.23 Å². The van der Waals surface area contributed by atoms with Crippen LogP contribution in [0.25, 0.3) is 0 Å². The second-order valence-corrected chi connectivity index (χ2v) is 4.00. The molecule has 17 heavy (non-hydrogen) atoms. The zero-order valence-corrected chi connectivity index (χ0v) is 9.76. The fraction of sp³-hybridized carbons (Fsp3) is 0.0769. The summed E-state index contributed by atoms with van der Waals surface area (Å²) >= 11 is 5.92.